The van der Waals surface area contributed by atoms with Gasteiger partial charge in [-0.2, -0.15) is 0 Å². The van der Waals surface area contributed by atoms with E-state index in [4.69, 9.17) is 10.8 Å². The van der Waals surface area contributed by atoms with Crippen LogP contribution < -0.4 is 5.73 Å². The Hall–Kier alpha value is -0.810. The fourth-order valence-electron chi connectivity index (χ4n) is 0.548. The van der Waals surface area contributed by atoms with Crippen LogP contribution in [0, 0.1) is 0 Å². The predicted molar refractivity (Wildman–Crippen MR) is 44.1 cm³/mol. The van der Waals surface area contributed by atoms with Gasteiger partial charge in [0.1, 0.15) is 6.04 Å². The Morgan fingerprint density at radius 3 is 2.42 bits per heavy atom. The average Bonchev–Trinajstić information content (AvgIpc) is 1.98. The molecule has 0 aromatic carbocycles. The molecule has 0 aromatic rings. The maximum atomic E-state index is 10.6. The van der Waals surface area contributed by atoms with E-state index in [1.54, 1.807) is 0 Å². The Morgan fingerprint density at radius 2 is 2.08 bits per heavy atom. The lowest BCUT2D eigenvalue weighted by molar-refractivity contribution is -0.142. The first kappa shape index (κ1) is 13.8. The maximum absolute atomic E-state index is 10.6. The molecule has 0 saturated heterocycles. The number of carbonyl (C=O) groups is 2. The number of esters is 1. The number of carbonyl (C=O) groups excluding carboxylic acids is 1. The number of aliphatic carboxylic acids is 1. The molecule has 0 spiro atoms. The summed E-state index contributed by atoms with van der Waals surface area (Å²) in [5, 5.41) is 8.21. The van der Waals surface area contributed by atoms with Gasteiger partial charge in [0, 0.05) is 6.42 Å². The van der Waals surface area contributed by atoms with Crippen molar-refractivity contribution in [2.24, 2.45) is 5.73 Å². The number of nitrogens with two attached hydrogens (primary N) is 1. The first-order valence-electron chi connectivity index (χ1n) is 3.13. The minimum Gasteiger partial charge on any atom is -0.481 e. The van der Waals surface area contributed by atoms with Gasteiger partial charge in [0.15, 0.2) is 0 Å². The molecule has 0 fully saturated rings. The van der Waals surface area contributed by atoms with Crippen molar-refractivity contribution in [3.63, 3.8) is 0 Å². The molecule has 0 radical (unpaired) electrons. The predicted octanol–water partition coefficient (Wildman–Crippen LogP) is -0.227. The Labute approximate surface area is 76.3 Å². The molecule has 0 aliphatic rings. The van der Waals surface area contributed by atoms with E-state index in [1.807, 2.05) is 0 Å². The summed E-state index contributed by atoms with van der Waals surface area (Å²) in [5.74, 6) is -1.55. The number of carboxylic acids is 1. The number of ether oxygens (including phenoxy) is 1. The standard InChI is InChI=1S/C6H11NO4.ClH/c1-11-6(10)4(7)2-3-5(8)9;/h4H,2-3,7H2,1H3,(H,8,9);1H/t4-;/m0./s1. The zero-order chi connectivity index (χ0) is 8.85. The van der Waals surface area contributed by atoms with Crippen molar-refractivity contribution in [1.29, 1.82) is 0 Å². The molecule has 5 nitrogen and oxygen atoms in total. The molecule has 0 aliphatic carbocycles. The van der Waals surface area contributed by atoms with Crippen LogP contribution in [0.15, 0.2) is 0 Å². The number of hydrogen-bond donors (Lipinski definition) is 2. The highest BCUT2D eigenvalue weighted by atomic mass is 35.5. The smallest absolute Gasteiger partial charge is 0.322 e. The third-order valence-electron chi connectivity index (χ3n) is 1.17. The van der Waals surface area contributed by atoms with Crippen LogP contribution in [0.3, 0.4) is 0 Å². The van der Waals surface area contributed by atoms with Crippen molar-refractivity contribution in [1.82, 2.24) is 0 Å². The van der Waals surface area contributed by atoms with Gasteiger partial charge in [0.05, 0.1) is 7.11 Å². The molecule has 0 rings (SSSR count). The van der Waals surface area contributed by atoms with Crippen molar-refractivity contribution in [3.05, 3.63) is 0 Å². The van der Waals surface area contributed by atoms with Crippen LogP contribution in [-0.2, 0) is 14.3 Å². The zero-order valence-corrected chi connectivity index (χ0v) is 7.47. The van der Waals surface area contributed by atoms with Crippen LogP contribution >= 0.6 is 12.4 Å². The van der Waals surface area contributed by atoms with Crippen LogP contribution in [0.5, 0.6) is 0 Å². The molecule has 0 unspecified atom stereocenters. The van der Waals surface area contributed by atoms with Gasteiger partial charge in [-0.25, -0.2) is 0 Å². The van der Waals surface area contributed by atoms with E-state index in [1.165, 1.54) is 7.11 Å². The number of hydrogen-bond acceptors (Lipinski definition) is 4. The summed E-state index contributed by atoms with van der Waals surface area (Å²) in [7, 11) is 1.21. The summed E-state index contributed by atoms with van der Waals surface area (Å²) in [6.07, 6.45) is -0.00171. The fourth-order valence-corrected chi connectivity index (χ4v) is 0.548. The summed E-state index contributed by atoms with van der Waals surface area (Å²) in [6.45, 7) is 0. The molecule has 0 bridgehead atoms. The van der Waals surface area contributed by atoms with Gasteiger partial charge < -0.3 is 15.6 Å². The minimum atomic E-state index is -0.968. The van der Waals surface area contributed by atoms with Crippen molar-refractivity contribution in [3.8, 4) is 0 Å². The second-order valence-corrected chi connectivity index (χ2v) is 2.06. The molecule has 0 heterocycles. The van der Waals surface area contributed by atoms with Gasteiger partial charge in [-0.15, -0.1) is 12.4 Å². The quantitative estimate of drug-likeness (QED) is 0.608. The Balaban J connectivity index is 0. The fraction of sp³-hybridized carbons (Fsp3) is 0.667. The first-order valence-corrected chi connectivity index (χ1v) is 3.13. The van der Waals surface area contributed by atoms with E-state index in [0.29, 0.717) is 0 Å². The molecule has 0 aliphatic heterocycles. The number of carboxylic acid groups (broad SMARTS) is 1. The van der Waals surface area contributed by atoms with E-state index < -0.39 is 18.0 Å². The molecule has 0 amide bonds. The number of rotatable bonds is 4. The molecule has 0 aromatic heterocycles. The summed E-state index contributed by atoms with van der Waals surface area (Å²) in [6, 6.07) is -0.823. The highest BCUT2D eigenvalue weighted by molar-refractivity contribution is 5.85. The van der Waals surface area contributed by atoms with Crippen LogP contribution in [0.4, 0.5) is 0 Å². The highest BCUT2D eigenvalue weighted by Crippen LogP contribution is 1.95. The highest BCUT2D eigenvalue weighted by Gasteiger charge is 2.14. The van der Waals surface area contributed by atoms with Gasteiger partial charge in [-0.05, 0) is 6.42 Å². The lowest BCUT2D eigenvalue weighted by Gasteiger charge is -2.05. The van der Waals surface area contributed by atoms with E-state index in [0.717, 1.165) is 0 Å². The van der Waals surface area contributed by atoms with Crippen molar-refractivity contribution in [2.75, 3.05) is 7.11 Å². The Kier molecular flexibility index (Phi) is 7.88. The topological polar surface area (TPSA) is 89.6 Å². The van der Waals surface area contributed by atoms with Gasteiger partial charge in [-0.3, -0.25) is 9.59 Å². The second-order valence-electron chi connectivity index (χ2n) is 2.06. The van der Waals surface area contributed by atoms with Crippen molar-refractivity contribution >= 4 is 24.3 Å². The van der Waals surface area contributed by atoms with Crippen LogP contribution in [0.2, 0.25) is 0 Å². The third-order valence-corrected chi connectivity index (χ3v) is 1.17. The van der Waals surface area contributed by atoms with Gasteiger partial charge in [0.2, 0.25) is 0 Å². The molecular formula is C6H12ClNO4. The largest absolute Gasteiger partial charge is 0.481 e. The minimum absolute atomic E-state index is 0. The lowest BCUT2D eigenvalue weighted by Crippen LogP contribution is -2.31. The van der Waals surface area contributed by atoms with Crippen molar-refractivity contribution in [2.45, 2.75) is 18.9 Å². The molecule has 0 saturated carbocycles. The van der Waals surface area contributed by atoms with E-state index in [9.17, 15) is 9.59 Å². The summed E-state index contributed by atoms with van der Waals surface area (Å²) < 4.78 is 4.29. The molecule has 72 valence electrons. The molecule has 1 atom stereocenters. The van der Waals surface area contributed by atoms with E-state index in [-0.39, 0.29) is 25.2 Å². The van der Waals surface area contributed by atoms with Crippen molar-refractivity contribution < 1.29 is 19.4 Å². The normalized spacial score (nSPS) is 11.2. The van der Waals surface area contributed by atoms with Crippen LogP contribution in [0.25, 0.3) is 0 Å². The average molecular weight is 198 g/mol. The van der Waals surface area contributed by atoms with Gasteiger partial charge in [0.25, 0.3) is 0 Å². The number of halogens is 1. The maximum Gasteiger partial charge on any atom is 0.322 e. The number of methoxy groups -OCH3 is 1. The lowest BCUT2D eigenvalue weighted by atomic mass is 10.2. The molecular weight excluding hydrogens is 186 g/mol. The zero-order valence-electron chi connectivity index (χ0n) is 6.65. The van der Waals surface area contributed by atoms with Gasteiger partial charge >= 0.3 is 11.9 Å². The molecule has 12 heavy (non-hydrogen) atoms. The monoisotopic (exact) mass is 197 g/mol. The van der Waals surface area contributed by atoms with Gasteiger partial charge in [-0.1, -0.05) is 0 Å². The first-order chi connectivity index (χ1) is 5.07. The summed E-state index contributed by atoms with van der Waals surface area (Å²) in [4.78, 5) is 20.6. The summed E-state index contributed by atoms with van der Waals surface area (Å²) >= 11 is 0. The molecule has 6 heteroatoms. The van der Waals surface area contributed by atoms with Crippen LogP contribution in [-0.4, -0.2) is 30.2 Å². The SMILES string of the molecule is COC(=O)[C@@H](N)CCC(=O)O.Cl. The second kappa shape index (κ2) is 6.87. The van der Waals surface area contributed by atoms with Crippen LogP contribution in [0.1, 0.15) is 12.8 Å². The van der Waals surface area contributed by atoms with E-state index in [2.05, 4.69) is 4.74 Å². The Morgan fingerprint density at radius 1 is 1.58 bits per heavy atom. The third kappa shape index (κ3) is 5.94. The summed E-state index contributed by atoms with van der Waals surface area (Å²) in [5.41, 5.74) is 5.24. The van der Waals surface area contributed by atoms with E-state index >= 15 is 0 Å². The molecule has 3 N–H and O–H groups in total. The Bertz CT molecular complexity index is 162.